The van der Waals surface area contributed by atoms with Gasteiger partial charge in [0, 0.05) is 31.6 Å². The van der Waals surface area contributed by atoms with Crippen molar-refractivity contribution in [1.82, 2.24) is 15.1 Å². The van der Waals surface area contributed by atoms with Crippen molar-refractivity contribution < 1.29 is 19.8 Å². The highest BCUT2D eigenvalue weighted by atomic mass is 16.4. The smallest absolute Gasteiger partial charge is 0.352 e. The third-order valence-electron chi connectivity index (χ3n) is 5.59. The molecule has 128 valence electrons. The van der Waals surface area contributed by atoms with E-state index in [9.17, 15) is 19.8 Å². The highest BCUT2D eigenvalue weighted by Gasteiger charge is 2.59. The number of carbonyl (C=O) groups is 2. The Kier molecular flexibility index (Phi) is 4.20. The van der Waals surface area contributed by atoms with Crippen LogP contribution in [0.2, 0.25) is 0 Å². The number of carboxylic acids is 1. The van der Waals surface area contributed by atoms with Crippen molar-refractivity contribution in [3.8, 4) is 0 Å². The van der Waals surface area contributed by atoms with E-state index in [-0.39, 0.29) is 23.6 Å². The van der Waals surface area contributed by atoms with Crippen molar-refractivity contribution in [2.45, 2.75) is 38.5 Å². The zero-order valence-corrected chi connectivity index (χ0v) is 13.8. The van der Waals surface area contributed by atoms with Crippen LogP contribution in [0.25, 0.3) is 0 Å². The highest BCUT2D eigenvalue weighted by molar-refractivity contribution is 6.00. The fourth-order valence-corrected chi connectivity index (χ4v) is 4.31. The van der Waals surface area contributed by atoms with E-state index in [1.54, 1.807) is 6.92 Å². The average molecular weight is 323 g/mol. The molecule has 3 rings (SSSR count). The lowest BCUT2D eigenvalue weighted by atomic mass is 9.77. The molecule has 1 unspecified atom stereocenters. The summed E-state index contributed by atoms with van der Waals surface area (Å²) in [4.78, 5) is 27.6. The number of carboxylic acid groups (broad SMARTS) is 1. The topological polar surface area (TPSA) is 93.1 Å². The van der Waals surface area contributed by atoms with Crippen LogP contribution in [0.5, 0.6) is 0 Å². The van der Waals surface area contributed by atoms with Gasteiger partial charge in [-0.1, -0.05) is 6.92 Å². The van der Waals surface area contributed by atoms with Gasteiger partial charge in [-0.2, -0.15) is 0 Å². The third kappa shape index (κ3) is 2.47. The number of aliphatic hydroxyl groups excluding tert-OH is 1. The molecule has 0 aromatic heterocycles. The van der Waals surface area contributed by atoms with Crippen LogP contribution >= 0.6 is 0 Å². The summed E-state index contributed by atoms with van der Waals surface area (Å²) in [6, 6.07) is 0.218. The number of fused-ring (bicyclic) bond motifs is 1. The number of hydrogen-bond acceptors (Lipinski definition) is 5. The molecule has 2 fully saturated rings. The van der Waals surface area contributed by atoms with Gasteiger partial charge < -0.3 is 20.4 Å². The number of nitrogens with zero attached hydrogens (tertiary/aromatic N) is 2. The molecule has 0 aromatic carbocycles. The predicted octanol–water partition coefficient (Wildman–Crippen LogP) is -0.524. The summed E-state index contributed by atoms with van der Waals surface area (Å²) in [5, 5.41) is 22.7. The van der Waals surface area contributed by atoms with Gasteiger partial charge in [0.15, 0.2) is 0 Å². The Morgan fingerprint density at radius 1 is 1.48 bits per heavy atom. The monoisotopic (exact) mass is 323 g/mol. The molecular formula is C16H25N3O4. The minimum atomic E-state index is -1.05. The van der Waals surface area contributed by atoms with Crippen LogP contribution in [0.1, 0.15) is 20.3 Å². The summed E-state index contributed by atoms with van der Waals surface area (Å²) in [7, 11) is 1.94. The molecule has 1 amide bonds. The molecule has 5 atom stereocenters. The number of β-lactam (4-membered cyclic amide) rings is 1. The second-order valence-corrected chi connectivity index (χ2v) is 6.94. The maximum Gasteiger partial charge on any atom is 0.352 e. The van der Waals surface area contributed by atoms with Crippen molar-refractivity contribution >= 4 is 11.9 Å². The minimum Gasteiger partial charge on any atom is -0.477 e. The Hall–Kier alpha value is -1.44. The molecule has 0 radical (unpaired) electrons. The van der Waals surface area contributed by atoms with Crippen LogP contribution in [-0.2, 0) is 9.59 Å². The highest BCUT2D eigenvalue weighted by Crippen LogP contribution is 2.47. The normalized spacial score (nSPS) is 35.5. The van der Waals surface area contributed by atoms with Crippen LogP contribution in [0.15, 0.2) is 11.3 Å². The van der Waals surface area contributed by atoms with E-state index < -0.39 is 18.0 Å². The van der Waals surface area contributed by atoms with Gasteiger partial charge in [-0.25, -0.2) is 4.79 Å². The number of amides is 1. The molecule has 7 nitrogen and oxygen atoms in total. The maximum absolute atomic E-state index is 12.3. The summed E-state index contributed by atoms with van der Waals surface area (Å²) in [6.45, 7) is 5.96. The molecule has 3 heterocycles. The van der Waals surface area contributed by atoms with Gasteiger partial charge in [0.2, 0.25) is 5.91 Å². The van der Waals surface area contributed by atoms with E-state index in [1.165, 1.54) is 4.90 Å². The van der Waals surface area contributed by atoms with E-state index in [1.807, 2.05) is 14.0 Å². The lowest BCUT2D eigenvalue weighted by Crippen LogP contribution is -2.63. The molecule has 3 N–H and O–H groups in total. The van der Waals surface area contributed by atoms with Gasteiger partial charge in [0.25, 0.3) is 0 Å². The Balaban J connectivity index is 1.83. The van der Waals surface area contributed by atoms with Crippen molar-refractivity contribution in [1.29, 1.82) is 0 Å². The first-order chi connectivity index (χ1) is 10.9. The molecule has 0 aromatic rings. The Bertz CT molecular complexity index is 560. The summed E-state index contributed by atoms with van der Waals surface area (Å²) < 4.78 is 0. The largest absolute Gasteiger partial charge is 0.477 e. The lowest BCUT2D eigenvalue weighted by Gasteiger charge is -2.46. The van der Waals surface area contributed by atoms with Gasteiger partial charge in [-0.3, -0.25) is 9.69 Å². The summed E-state index contributed by atoms with van der Waals surface area (Å²) in [5.41, 5.74) is 0.952. The fourth-order valence-electron chi connectivity index (χ4n) is 4.31. The summed E-state index contributed by atoms with van der Waals surface area (Å²) in [5.74, 6) is -1.83. The fraction of sp³-hybridized carbons (Fsp3) is 0.750. The number of aliphatic carboxylic acids is 1. The van der Waals surface area contributed by atoms with Crippen LogP contribution in [0, 0.1) is 11.8 Å². The van der Waals surface area contributed by atoms with Crippen LogP contribution in [0.4, 0.5) is 0 Å². The zero-order valence-electron chi connectivity index (χ0n) is 13.8. The molecule has 0 saturated carbocycles. The SMILES string of the molecule is CN[C@H]1CCN(CC2=C(C(=O)O)N3C(=O)C([C@@H](C)O)[C@H]3[C@H]2C)C1. The molecule has 3 aliphatic heterocycles. The molecule has 2 saturated heterocycles. The number of aliphatic hydroxyl groups is 1. The van der Waals surface area contributed by atoms with Gasteiger partial charge in [-0.15, -0.1) is 0 Å². The number of rotatable bonds is 5. The van der Waals surface area contributed by atoms with Crippen molar-refractivity contribution in [2.24, 2.45) is 11.8 Å². The van der Waals surface area contributed by atoms with E-state index >= 15 is 0 Å². The first-order valence-electron chi connectivity index (χ1n) is 8.23. The predicted molar refractivity (Wildman–Crippen MR) is 83.5 cm³/mol. The van der Waals surface area contributed by atoms with Crippen molar-refractivity contribution in [3.05, 3.63) is 11.3 Å². The quantitative estimate of drug-likeness (QED) is 0.590. The number of likely N-dealkylation sites (N-methyl/N-ethyl adjacent to an activating group) is 1. The van der Waals surface area contributed by atoms with Gasteiger partial charge in [0.1, 0.15) is 5.70 Å². The Morgan fingerprint density at radius 2 is 2.17 bits per heavy atom. The molecule has 0 aliphatic carbocycles. The number of likely N-dealkylation sites (tertiary alicyclic amines) is 1. The van der Waals surface area contributed by atoms with Crippen LogP contribution < -0.4 is 5.32 Å². The third-order valence-corrected chi connectivity index (χ3v) is 5.59. The molecule has 23 heavy (non-hydrogen) atoms. The first-order valence-corrected chi connectivity index (χ1v) is 8.23. The van der Waals surface area contributed by atoms with E-state index in [4.69, 9.17) is 0 Å². The summed E-state index contributed by atoms with van der Waals surface area (Å²) in [6.07, 6.45) is 0.296. The van der Waals surface area contributed by atoms with Crippen molar-refractivity contribution in [2.75, 3.05) is 26.7 Å². The number of carbonyl (C=O) groups excluding carboxylic acids is 1. The average Bonchev–Trinajstić information content (AvgIpc) is 3.02. The van der Waals surface area contributed by atoms with Gasteiger partial charge in [0.05, 0.1) is 18.1 Å². The number of nitrogens with one attached hydrogen (secondary N) is 1. The second-order valence-electron chi connectivity index (χ2n) is 6.94. The molecule has 0 spiro atoms. The zero-order chi connectivity index (χ0) is 16.9. The second kappa shape index (κ2) is 5.89. The lowest BCUT2D eigenvalue weighted by molar-refractivity contribution is -0.163. The Labute approximate surface area is 135 Å². The van der Waals surface area contributed by atoms with Crippen molar-refractivity contribution in [3.63, 3.8) is 0 Å². The summed E-state index contributed by atoms with van der Waals surface area (Å²) >= 11 is 0. The standard InChI is InChI=1S/C16H25N3O4/c1-8-11(7-18-5-4-10(6-18)17-3)14(16(22)23)19-13(8)12(9(2)20)15(19)21/h8-10,12-13,17,20H,4-7H2,1-3H3,(H,22,23)/t8-,9+,10-,12?,13+/m0/s1. The number of hydrogen-bond donors (Lipinski definition) is 3. The van der Waals surface area contributed by atoms with E-state index in [0.717, 1.165) is 25.1 Å². The molecule has 0 bridgehead atoms. The molecule has 3 aliphatic rings. The van der Waals surface area contributed by atoms with Crippen LogP contribution in [0.3, 0.4) is 0 Å². The Morgan fingerprint density at radius 3 is 2.70 bits per heavy atom. The maximum atomic E-state index is 12.3. The van der Waals surface area contributed by atoms with E-state index in [2.05, 4.69) is 10.2 Å². The molecular weight excluding hydrogens is 298 g/mol. The van der Waals surface area contributed by atoms with Gasteiger partial charge >= 0.3 is 5.97 Å². The van der Waals surface area contributed by atoms with E-state index in [0.29, 0.717) is 12.6 Å². The molecule has 7 heteroatoms. The van der Waals surface area contributed by atoms with Gasteiger partial charge in [-0.05, 0) is 26.0 Å². The van der Waals surface area contributed by atoms with Crippen LogP contribution in [-0.4, -0.2) is 76.8 Å². The first kappa shape index (κ1) is 16.4. The minimum absolute atomic E-state index is 0.0352.